The molecule has 0 fully saturated rings. The van der Waals surface area contributed by atoms with Crippen molar-refractivity contribution in [1.82, 2.24) is 5.32 Å². The van der Waals surface area contributed by atoms with Crippen LogP contribution in [-0.2, 0) is 11.2 Å². The zero-order valence-corrected chi connectivity index (χ0v) is 13.1. The molecule has 0 saturated carbocycles. The lowest BCUT2D eigenvalue weighted by Crippen LogP contribution is -2.45. The van der Waals surface area contributed by atoms with Crippen molar-refractivity contribution in [2.75, 3.05) is 0 Å². The fourth-order valence-electron chi connectivity index (χ4n) is 2.43. The first-order valence-corrected chi connectivity index (χ1v) is 7.28. The number of allylic oxidation sites excluding steroid dienone is 1. The van der Waals surface area contributed by atoms with Crippen LogP contribution in [0.25, 0.3) is 0 Å². The number of benzene rings is 1. The van der Waals surface area contributed by atoms with E-state index < -0.39 is 17.7 Å². The predicted molar refractivity (Wildman–Crippen MR) is 84.2 cm³/mol. The summed E-state index contributed by atoms with van der Waals surface area (Å²) in [7, 11) is 1.34. The maximum atomic E-state index is 14.3. The first kappa shape index (κ1) is 17.1. The highest BCUT2D eigenvalue weighted by Gasteiger charge is 2.30. The molecule has 1 aromatic carbocycles. The van der Waals surface area contributed by atoms with Crippen LogP contribution in [0.1, 0.15) is 41.3 Å². The molecule has 2 rings (SSSR count). The Kier molecular flexibility index (Phi) is 5.08. The molecule has 1 radical (unpaired) electrons. The molecule has 5 nitrogen and oxygen atoms in total. The quantitative estimate of drug-likeness (QED) is 0.644. The Morgan fingerprint density at radius 2 is 2.22 bits per heavy atom. The van der Waals surface area contributed by atoms with E-state index in [4.69, 9.17) is 4.65 Å². The third-order valence-electron chi connectivity index (χ3n) is 3.62. The molecular weight excluding hydrogens is 300 g/mol. The highest BCUT2D eigenvalue weighted by atomic mass is 19.1. The van der Waals surface area contributed by atoms with Crippen LogP contribution < -0.4 is 9.97 Å². The minimum absolute atomic E-state index is 0.00744. The van der Waals surface area contributed by atoms with Gasteiger partial charge in [-0.25, -0.2) is 9.18 Å². The van der Waals surface area contributed by atoms with Crippen molar-refractivity contribution in [2.24, 2.45) is 0 Å². The van der Waals surface area contributed by atoms with Crippen LogP contribution >= 0.6 is 0 Å². The normalized spacial score (nSPS) is 15.9. The van der Waals surface area contributed by atoms with E-state index in [1.807, 2.05) is 6.92 Å². The predicted octanol–water partition coefficient (Wildman–Crippen LogP) is 2.19. The Bertz CT molecular complexity index is 675. The van der Waals surface area contributed by atoms with Gasteiger partial charge in [0.1, 0.15) is 17.1 Å². The zero-order chi connectivity index (χ0) is 17.1. The molecule has 0 spiro atoms. The summed E-state index contributed by atoms with van der Waals surface area (Å²) in [4.78, 5) is 23.1. The van der Waals surface area contributed by atoms with Crippen molar-refractivity contribution in [3.05, 3.63) is 40.7 Å². The lowest BCUT2D eigenvalue weighted by molar-refractivity contribution is -0.121. The zero-order valence-electron chi connectivity index (χ0n) is 13.1. The molecule has 1 aliphatic heterocycles. The molecule has 0 aromatic heterocycles. The summed E-state index contributed by atoms with van der Waals surface area (Å²) >= 11 is 0. The Morgan fingerprint density at radius 1 is 1.52 bits per heavy atom. The molecule has 1 aromatic rings. The number of fused-ring (bicyclic) bond motifs is 1. The largest absolute Gasteiger partial charge is 0.560 e. The second-order valence-corrected chi connectivity index (χ2v) is 5.76. The van der Waals surface area contributed by atoms with Gasteiger partial charge in [0.25, 0.3) is 0 Å². The minimum Gasteiger partial charge on any atom is -0.560 e. The van der Waals surface area contributed by atoms with Gasteiger partial charge in [0.05, 0.1) is 0 Å². The number of rotatable bonds is 5. The molecule has 1 amide bonds. The van der Waals surface area contributed by atoms with Crippen LogP contribution in [0.3, 0.4) is 0 Å². The summed E-state index contributed by atoms with van der Waals surface area (Å²) in [6, 6.07) is 1.25. The molecule has 1 unspecified atom stereocenters. The Hall–Kier alpha value is -2.31. The number of halogens is 1. The van der Waals surface area contributed by atoms with E-state index in [9.17, 15) is 19.1 Å². The third-order valence-corrected chi connectivity index (χ3v) is 3.62. The van der Waals surface area contributed by atoms with Crippen molar-refractivity contribution >= 4 is 19.4 Å². The van der Waals surface area contributed by atoms with Gasteiger partial charge in [0.15, 0.2) is 0 Å². The van der Waals surface area contributed by atoms with Crippen LogP contribution in [0.4, 0.5) is 4.39 Å². The van der Waals surface area contributed by atoms with Crippen molar-refractivity contribution < 1.29 is 23.7 Å². The average Bonchev–Trinajstić information content (AvgIpc) is 2.48. The van der Waals surface area contributed by atoms with Crippen molar-refractivity contribution in [3.8, 4) is 5.75 Å². The smallest absolute Gasteiger partial charge is 0.394 e. The van der Waals surface area contributed by atoms with Crippen LogP contribution in [0.2, 0.25) is 0 Å². The number of aryl methyl sites for hydroxylation is 1. The SMILES string of the molecule is C=C(C)CCC(=O)NC1[B]Oc2c(C(=O)O)cc(C)c(F)c2C1. The topological polar surface area (TPSA) is 75.6 Å². The molecule has 2 N–H and O–H groups in total. The maximum Gasteiger partial charge on any atom is 0.394 e. The number of carboxylic acid groups (broad SMARTS) is 1. The van der Waals surface area contributed by atoms with E-state index in [0.717, 1.165) is 5.57 Å². The fraction of sp³-hybridized carbons (Fsp3) is 0.375. The summed E-state index contributed by atoms with van der Waals surface area (Å²) in [5, 5.41) is 11.9. The van der Waals surface area contributed by atoms with Gasteiger partial charge in [-0.15, -0.1) is 6.58 Å². The third kappa shape index (κ3) is 3.91. The molecule has 0 bridgehead atoms. The van der Waals surface area contributed by atoms with Crippen LogP contribution in [0.5, 0.6) is 5.75 Å². The summed E-state index contributed by atoms with van der Waals surface area (Å²) in [6.45, 7) is 7.07. The highest BCUT2D eigenvalue weighted by molar-refractivity contribution is 6.32. The van der Waals surface area contributed by atoms with Gasteiger partial charge in [-0.1, -0.05) is 5.57 Å². The van der Waals surface area contributed by atoms with Crippen LogP contribution in [0.15, 0.2) is 18.2 Å². The second kappa shape index (κ2) is 6.85. The number of aromatic carboxylic acids is 1. The van der Waals surface area contributed by atoms with E-state index in [2.05, 4.69) is 11.9 Å². The number of hydrogen-bond donors (Lipinski definition) is 2. The monoisotopic (exact) mass is 318 g/mol. The standard InChI is InChI=1S/C16H18BFNO4/c1-8(2)4-5-13(20)19-12-7-10-14(18)9(3)6-11(16(21)22)15(10)23-17-12/h6,12H,1,4-5,7H2,2-3H3,(H,19,20)(H,21,22). The highest BCUT2D eigenvalue weighted by Crippen LogP contribution is 2.32. The maximum absolute atomic E-state index is 14.3. The summed E-state index contributed by atoms with van der Waals surface area (Å²) in [6.07, 6.45) is 1.03. The molecule has 0 aliphatic carbocycles. The molecular formula is C16H18BFNO4. The van der Waals surface area contributed by atoms with Gasteiger partial charge in [-0.3, -0.25) is 4.79 Å². The summed E-state index contributed by atoms with van der Waals surface area (Å²) < 4.78 is 19.6. The number of carbonyl (C=O) groups excluding carboxylic acids is 1. The Morgan fingerprint density at radius 3 is 2.83 bits per heavy atom. The molecule has 1 aliphatic rings. The fourth-order valence-corrected chi connectivity index (χ4v) is 2.43. The van der Waals surface area contributed by atoms with E-state index in [-0.39, 0.29) is 34.8 Å². The first-order valence-electron chi connectivity index (χ1n) is 7.28. The molecule has 0 saturated heterocycles. The van der Waals surface area contributed by atoms with Gasteiger partial charge in [-0.2, -0.15) is 0 Å². The number of nitrogens with one attached hydrogen (secondary N) is 1. The number of amides is 1. The Labute approximate surface area is 134 Å². The van der Waals surface area contributed by atoms with Gasteiger partial charge in [0, 0.05) is 17.9 Å². The van der Waals surface area contributed by atoms with E-state index in [1.165, 1.54) is 20.5 Å². The minimum atomic E-state index is -1.18. The van der Waals surface area contributed by atoms with Gasteiger partial charge >= 0.3 is 13.5 Å². The molecule has 121 valence electrons. The van der Waals surface area contributed by atoms with Crippen LogP contribution in [-0.4, -0.2) is 30.4 Å². The molecule has 1 atom stereocenters. The van der Waals surface area contributed by atoms with E-state index in [0.29, 0.717) is 12.8 Å². The van der Waals surface area contributed by atoms with Crippen molar-refractivity contribution in [1.29, 1.82) is 0 Å². The van der Waals surface area contributed by atoms with Crippen molar-refractivity contribution in [2.45, 2.75) is 39.1 Å². The van der Waals surface area contributed by atoms with E-state index >= 15 is 0 Å². The number of hydrogen-bond acceptors (Lipinski definition) is 3. The number of carbonyl (C=O) groups is 2. The van der Waals surface area contributed by atoms with E-state index in [1.54, 1.807) is 0 Å². The lowest BCUT2D eigenvalue weighted by Gasteiger charge is -2.27. The second-order valence-electron chi connectivity index (χ2n) is 5.76. The summed E-state index contributed by atoms with van der Waals surface area (Å²) in [5.41, 5.74) is 1.23. The Balaban J connectivity index is 2.16. The average molecular weight is 318 g/mol. The molecule has 23 heavy (non-hydrogen) atoms. The summed E-state index contributed by atoms with van der Waals surface area (Å²) in [5.74, 6) is -2.36. The molecule has 7 heteroatoms. The lowest BCUT2D eigenvalue weighted by atomic mass is 9.78. The number of carboxylic acids is 1. The van der Waals surface area contributed by atoms with Crippen LogP contribution in [0, 0.1) is 12.7 Å². The van der Waals surface area contributed by atoms with Crippen molar-refractivity contribution in [3.63, 3.8) is 0 Å². The first-order chi connectivity index (χ1) is 10.8. The molecule has 1 heterocycles. The van der Waals surface area contributed by atoms with Gasteiger partial charge in [-0.05, 0) is 38.3 Å². The van der Waals surface area contributed by atoms with Gasteiger partial charge in [0.2, 0.25) is 5.91 Å². The van der Waals surface area contributed by atoms with Gasteiger partial charge < -0.3 is 15.1 Å².